The van der Waals surface area contributed by atoms with Crippen molar-refractivity contribution in [2.24, 2.45) is 0 Å². The van der Waals surface area contributed by atoms with Crippen molar-refractivity contribution in [1.82, 2.24) is 15.4 Å². The first-order chi connectivity index (χ1) is 10.2. The molecule has 6 heteroatoms. The molecular formula is C15H26N4O2. The Labute approximate surface area is 126 Å². The van der Waals surface area contributed by atoms with Gasteiger partial charge in [0, 0.05) is 18.7 Å². The molecule has 0 saturated carbocycles. The lowest BCUT2D eigenvalue weighted by atomic mass is 10.0. The summed E-state index contributed by atoms with van der Waals surface area (Å²) in [6, 6.07) is 2.23. The molecule has 1 aromatic rings. The third kappa shape index (κ3) is 5.47. The van der Waals surface area contributed by atoms with Crippen molar-refractivity contribution in [2.75, 3.05) is 31.5 Å². The Morgan fingerprint density at radius 3 is 3.05 bits per heavy atom. The zero-order valence-corrected chi connectivity index (χ0v) is 13.0. The molecule has 21 heavy (non-hydrogen) atoms. The molecule has 1 amide bonds. The highest BCUT2D eigenvalue weighted by atomic mass is 16.5. The Hall–Kier alpha value is -1.40. The second kappa shape index (κ2) is 8.14. The van der Waals surface area contributed by atoms with Gasteiger partial charge in [0.15, 0.2) is 0 Å². The Morgan fingerprint density at radius 2 is 2.43 bits per heavy atom. The Balaban J connectivity index is 1.81. The molecule has 118 valence electrons. The molecule has 1 fully saturated rings. The van der Waals surface area contributed by atoms with E-state index in [1.54, 1.807) is 6.07 Å². The maximum Gasteiger partial charge on any atom is 0.240 e. The van der Waals surface area contributed by atoms with Gasteiger partial charge in [0.1, 0.15) is 0 Å². The largest absolute Gasteiger partial charge is 0.338 e. The lowest BCUT2D eigenvalue weighted by molar-refractivity contribution is -0.117. The van der Waals surface area contributed by atoms with Gasteiger partial charge in [-0.1, -0.05) is 18.5 Å². The molecule has 1 unspecified atom stereocenters. The number of nitrogens with one attached hydrogen (secondary N) is 2. The molecule has 0 aliphatic carbocycles. The average Bonchev–Trinajstić information content (AvgIpc) is 2.85. The monoisotopic (exact) mass is 294 g/mol. The smallest absolute Gasteiger partial charge is 0.240 e. The predicted octanol–water partition coefficient (Wildman–Crippen LogP) is 1.78. The van der Waals surface area contributed by atoms with Crippen molar-refractivity contribution < 1.29 is 9.32 Å². The summed E-state index contributed by atoms with van der Waals surface area (Å²) in [7, 11) is 0. The van der Waals surface area contributed by atoms with Crippen LogP contribution in [-0.4, -0.2) is 48.2 Å². The first-order valence-electron chi connectivity index (χ1n) is 7.86. The van der Waals surface area contributed by atoms with Gasteiger partial charge < -0.3 is 9.84 Å². The maximum absolute atomic E-state index is 12.1. The van der Waals surface area contributed by atoms with Crippen LogP contribution in [0.3, 0.4) is 0 Å². The summed E-state index contributed by atoms with van der Waals surface area (Å²) in [6.07, 6.45) is 4.78. The molecule has 2 rings (SSSR count). The molecule has 1 atom stereocenters. The number of amides is 1. The summed E-state index contributed by atoms with van der Waals surface area (Å²) in [5.41, 5.74) is 0.766. The topological polar surface area (TPSA) is 70.4 Å². The average molecular weight is 294 g/mol. The number of aromatic nitrogens is 1. The summed E-state index contributed by atoms with van der Waals surface area (Å²) in [4.78, 5) is 14.3. The van der Waals surface area contributed by atoms with Gasteiger partial charge in [-0.25, -0.2) is 0 Å². The van der Waals surface area contributed by atoms with Crippen molar-refractivity contribution in [3.63, 3.8) is 0 Å². The highest BCUT2D eigenvalue weighted by molar-refractivity contribution is 5.90. The zero-order valence-electron chi connectivity index (χ0n) is 13.0. The number of aryl methyl sites for hydroxylation is 1. The summed E-state index contributed by atoms with van der Waals surface area (Å²) in [5, 5.41) is 10.1. The van der Waals surface area contributed by atoms with E-state index in [1.807, 2.05) is 6.92 Å². The summed E-state index contributed by atoms with van der Waals surface area (Å²) < 4.78 is 5.01. The molecule has 6 nitrogen and oxygen atoms in total. The number of hydrogen-bond donors (Lipinski definition) is 2. The SMILES string of the molecule is CCCN(CC(=O)Nc1cc(C)no1)CC1CCCCN1. The minimum absolute atomic E-state index is 0.0459. The molecule has 1 aliphatic heterocycles. The minimum atomic E-state index is -0.0459. The highest BCUT2D eigenvalue weighted by Crippen LogP contribution is 2.10. The van der Waals surface area contributed by atoms with E-state index in [9.17, 15) is 4.79 Å². The fourth-order valence-corrected chi connectivity index (χ4v) is 2.75. The van der Waals surface area contributed by atoms with Gasteiger partial charge in [-0.3, -0.25) is 15.0 Å². The normalized spacial score (nSPS) is 18.9. The van der Waals surface area contributed by atoms with Gasteiger partial charge >= 0.3 is 0 Å². The number of piperidine rings is 1. The fraction of sp³-hybridized carbons (Fsp3) is 0.733. The van der Waals surface area contributed by atoms with E-state index >= 15 is 0 Å². The van der Waals surface area contributed by atoms with Crippen molar-refractivity contribution >= 4 is 11.8 Å². The number of carbonyl (C=O) groups is 1. The van der Waals surface area contributed by atoms with Crippen molar-refractivity contribution in [3.8, 4) is 0 Å². The van der Waals surface area contributed by atoms with E-state index in [1.165, 1.54) is 19.3 Å². The van der Waals surface area contributed by atoms with Crippen LogP contribution >= 0.6 is 0 Å². The van der Waals surface area contributed by atoms with E-state index in [4.69, 9.17) is 4.52 Å². The second-order valence-corrected chi connectivity index (χ2v) is 5.76. The van der Waals surface area contributed by atoms with Gasteiger partial charge in [-0.15, -0.1) is 0 Å². The molecule has 1 aliphatic rings. The van der Waals surface area contributed by atoms with Crippen LogP contribution in [0.2, 0.25) is 0 Å². The van der Waals surface area contributed by atoms with Gasteiger partial charge in [0.2, 0.25) is 11.8 Å². The van der Waals surface area contributed by atoms with Crippen molar-refractivity contribution in [3.05, 3.63) is 11.8 Å². The Kier molecular flexibility index (Phi) is 6.20. The molecule has 0 aromatic carbocycles. The standard InChI is InChI=1S/C15H26N4O2/c1-3-8-19(10-13-6-4-5-7-16-13)11-14(20)17-15-9-12(2)18-21-15/h9,13,16H,3-8,10-11H2,1-2H3,(H,17,20). The van der Waals surface area contributed by atoms with E-state index in [2.05, 4.69) is 27.6 Å². The van der Waals surface area contributed by atoms with Gasteiger partial charge in [-0.2, -0.15) is 0 Å². The van der Waals surface area contributed by atoms with E-state index < -0.39 is 0 Å². The summed E-state index contributed by atoms with van der Waals surface area (Å²) in [6.45, 7) is 7.31. The fourth-order valence-electron chi connectivity index (χ4n) is 2.75. The molecule has 0 bridgehead atoms. The van der Waals surface area contributed by atoms with Crippen LogP contribution in [0.1, 0.15) is 38.3 Å². The first kappa shape index (κ1) is 16.0. The third-order valence-corrected chi connectivity index (χ3v) is 3.69. The van der Waals surface area contributed by atoms with Gasteiger partial charge in [-0.05, 0) is 39.3 Å². The van der Waals surface area contributed by atoms with Crippen molar-refractivity contribution in [1.29, 1.82) is 0 Å². The third-order valence-electron chi connectivity index (χ3n) is 3.69. The van der Waals surface area contributed by atoms with Crippen LogP contribution < -0.4 is 10.6 Å². The first-order valence-corrected chi connectivity index (χ1v) is 7.86. The number of carbonyl (C=O) groups excluding carboxylic acids is 1. The summed E-state index contributed by atoms with van der Waals surface area (Å²) in [5.74, 6) is 0.375. The number of hydrogen-bond acceptors (Lipinski definition) is 5. The summed E-state index contributed by atoms with van der Waals surface area (Å²) >= 11 is 0. The van der Waals surface area contributed by atoms with Crippen LogP contribution in [0.25, 0.3) is 0 Å². The second-order valence-electron chi connectivity index (χ2n) is 5.76. The molecular weight excluding hydrogens is 268 g/mol. The Morgan fingerprint density at radius 1 is 1.57 bits per heavy atom. The lowest BCUT2D eigenvalue weighted by Gasteiger charge is -2.29. The van der Waals surface area contributed by atoms with Crippen LogP contribution in [0.4, 0.5) is 5.88 Å². The van der Waals surface area contributed by atoms with E-state index in [-0.39, 0.29) is 5.91 Å². The maximum atomic E-state index is 12.1. The van der Waals surface area contributed by atoms with Crippen LogP contribution in [0.5, 0.6) is 0 Å². The van der Waals surface area contributed by atoms with Gasteiger partial charge in [0.25, 0.3) is 0 Å². The minimum Gasteiger partial charge on any atom is -0.338 e. The van der Waals surface area contributed by atoms with E-state index in [0.29, 0.717) is 18.5 Å². The zero-order chi connectivity index (χ0) is 15.1. The molecule has 1 aromatic heterocycles. The molecule has 1 saturated heterocycles. The highest BCUT2D eigenvalue weighted by Gasteiger charge is 2.18. The number of rotatable bonds is 7. The van der Waals surface area contributed by atoms with Crippen LogP contribution in [0, 0.1) is 6.92 Å². The number of nitrogens with zero attached hydrogens (tertiary/aromatic N) is 2. The molecule has 0 spiro atoms. The molecule has 2 heterocycles. The molecule has 2 N–H and O–H groups in total. The number of anilines is 1. The quantitative estimate of drug-likeness (QED) is 0.802. The van der Waals surface area contributed by atoms with Crippen molar-refractivity contribution in [2.45, 2.75) is 45.6 Å². The molecule has 0 radical (unpaired) electrons. The van der Waals surface area contributed by atoms with E-state index in [0.717, 1.165) is 31.7 Å². The Bertz CT molecular complexity index is 441. The van der Waals surface area contributed by atoms with Gasteiger partial charge in [0.05, 0.1) is 12.2 Å². The predicted molar refractivity (Wildman–Crippen MR) is 82.2 cm³/mol. The van der Waals surface area contributed by atoms with Crippen LogP contribution in [0.15, 0.2) is 10.6 Å². The lowest BCUT2D eigenvalue weighted by Crippen LogP contribution is -2.46. The van der Waals surface area contributed by atoms with Crippen LogP contribution in [-0.2, 0) is 4.79 Å².